The van der Waals surface area contributed by atoms with Crippen molar-refractivity contribution in [1.29, 1.82) is 0 Å². The average molecular weight is 281 g/mol. The fraction of sp³-hybridized carbons (Fsp3) is 0.600. The quantitative estimate of drug-likeness (QED) is 0.618. The van der Waals surface area contributed by atoms with Crippen molar-refractivity contribution in [3.8, 4) is 11.5 Å². The van der Waals surface area contributed by atoms with Gasteiger partial charge in [0, 0.05) is 18.0 Å². The smallest absolute Gasteiger partial charge is 0.161 e. The SMILES string of the molecule is CC(C)(C)C1OC(CN)c2ccc(O)c(O)c2C1CO. The highest BCUT2D eigenvalue weighted by atomic mass is 16.5. The third-order valence-corrected chi connectivity index (χ3v) is 3.89. The summed E-state index contributed by atoms with van der Waals surface area (Å²) >= 11 is 0. The molecule has 0 radical (unpaired) electrons. The van der Waals surface area contributed by atoms with Gasteiger partial charge in [0.1, 0.15) is 0 Å². The van der Waals surface area contributed by atoms with E-state index >= 15 is 0 Å². The number of hydrogen-bond donors (Lipinski definition) is 4. The molecule has 112 valence electrons. The molecule has 5 N–H and O–H groups in total. The first kappa shape index (κ1) is 15.1. The molecule has 0 amide bonds. The summed E-state index contributed by atoms with van der Waals surface area (Å²) in [5.41, 5.74) is 6.83. The molecular formula is C15H23NO4. The number of ether oxygens (including phenoxy) is 1. The van der Waals surface area contributed by atoms with Crippen molar-refractivity contribution in [2.45, 2.75) is 38.9 Å². The van der Waals surface area contributed by atoms with Gasteiger partial charge in [0.15, 0.2) is 11.5 Å². The topological polar surface area (TPSA) is 95.9 Å². The molecule has 5 heteroatoms. The Labute approximate surface area is 119 Å². The number of aliphatic hydroxyl groups is 1. The Hall–Kier alpha value is -1.30. The van der Waals surface area contributed by atoms with Crippen molar-refractivity contribution in [1.82, 2.24) is 0 Å². The Morgan fingerprint density at radius 3 is 2.40 bits per heavy atom. The molecular weight excluding hydrogens is 258 g/mol. The van der Waals surface area contributed by atoms with Gasteiger partial charge < -0.3 is 25.8 Å². The van der Waals surface area contributed by atoms with Crippen LogP contribution in [0, 0.1) is 5.41 Å². The summed E-state index contributed by atoms with van der Waals surface area (Å²) < 4.78 is 6.05. The maximum Gasteiger partial charge on any atom is 0.161 e. The van der Waals surface area contributed by atoms with Gasteiger partial charge >= 0.3 is 0 Å². The van der Waals surface area contributed by atoms with Gasteiger partial charge in [-0.25, -0.2) is 0 Å². The number of aliphatic hydroxyl groups excluding tert-OH is 1. The van der Waals surface area contributed by atoms with Gasteiger partial charge in [-0.3, -0.25) is 0 Å². The Balaban J connectivity index is 2.61. The number of hydrogen-bond acceptors (Lipinski definition) is 5. The summed E-state index contributed by atoms with van der Waals surface area (Å²) in [4.78, 5) is 0. The first-order valence-electron chi connectivity index (χ1n) is 6.82. The summed E-state index contributed by atoms with van der Waals surface area (Å²) in [5, 5.41) is 29.7. The molecule has 0 fully saturated rings. The third-order valence-electron chi connectivity index (χ3n) is 3.89. The number of rotatable bonds is 2. The molecule has 3 atom stereocenters. The van der Waals surface area contributed by atoms with Crippen molar-refractivity contribution >= 4 is 0 Å². The van der Waals surface area contributed by atoms with E-state index in [1.54, 1.807) is 6.07 Å². The molecule has 20 heavy (non-hydrogen) atoms. The van der Waals surface area contributed by atoms with Crippen molar-refractivity contribution in [2.75, 3.05) is 13.2 Å². The predicted molar refractivity (Wildman–Crippen MR) is 75.7 cm³/mol. The number of benzene rings is 1. The van der Waals surface area contributed by atoms with Crippen LogP contribution in [-0.2, 0) is 4.74 Å². The van der Waals surface area contributed by atoms with E-state index in [9.17, 15) is 15.3 Å². The van der Waals surface area contributed by atoms with Crippen LogP contribution in [0.3, 0.4) is 0 Å². The molecule has 0 aliphatic carbocycles. The second kappa shape index (κ2) is 5.24. The maximum absolute atomic E-state index is 10.2. The monoisotopic (exact) mass is 281 g/mol. The predicted octanol–water partition coefficient (Wildman–Crippen LogP) is 1.62. The van der Waals surface area contributed by atoms with Crippen LogP contribution in [-0.4, -0.2) is 34.6 Å². The molecule has 1 heterocycles. The van der Waals surface area contributed by atoms with Crippen LogP contribution in [0.5, 0.6) is 11.5 Å². The van der Waals surface area contributed by atoms with Crippen molar-refractivity contribution in [3.05, 3.63) is 23.3 Å². The van der Waals surface area contributed by atoms with Crippen molar-refractivity contribution < 1.29 is 20.1 Å². The Bertz CT molecular complexity index is 495. The van der Waals surface area contributed by atoms with Crippen molar-refractivity contribution in [2.24, 2.45) is 11.1 Å². The first-order chi connectivity index (χ1) is 9.31. The summed E-state index contributed by atoms with van der Waals surface area (Å²) in [6.45, 7) is 6.15. The molecule has 1 aliphatic heterocycles. The van der Waals surface area contributed by atoms with E-state index in [1.807, 2.05) is 20.8 Å². The van der Waals surface area contributed by atoms with Crippen LogP contribution in [0.4, 0.5) is 0 Å². The maximum atomic E-state index is 10.2. The van der Waals surface area contributed by atoms with E-state index in [0.29, 0.717) is 5.56 Å². The molecule has 3 unspecified atom stereocenters. The van der Waals surface area contributed by atoms with Crippen LogP contribution in [0.1, 0.15) is 43.9 Å². The lowest BCUT2D eigenvalue weighted by atomic mass is 9.74. The Kier molecular flexibility index (Phi) is 3.95. The zero-order valence-corrected chi connectivity index (χ0v) is 12.1. The number of phenolic OH excluding ortho intramolecular Hbond substituents is 2. The van der Waals surface area contributed by atoms with Gasteiger partial charge in [-0.15, -0.1) is 0 Å². The molecule has 0 spiro atoms. The molecule has 0 saturated heterocycles. The highest BCUT2D eigenvalue weighted by Gasteiger charge is 2.43. The van der Waals surface area contributed by atoms with Crippen LogP contribution in [0.25, 0.3) is 0 Å². The highest BCUT2D eigenvalue weighted by Crippen LogP contribution is 2.49. The van der Waals surface area contributed by atoms with Gasteiger partial charge in [0.25, 0.3) is 0 Å². The van der Waals surface area contributed by atoms with Gasteiger partial charge in [-0.1, -0.05) is 26.8 Å². The van der Waals surface area contributed by atoms with Gasteiger partial charge in [-0.2, -0.15) is 0 Å². The molecule has 0 aromatic heterocycles. The lowest BCUT2D eigenvalue weighted by molar-refractivity contribution is -0.0989. The molecule has 0 saturated carbocycles. The number of aromatic hydroxyl groups is 2. The summed E-state index contributed by atoms with van der Waals surface area (Å²) in [6.07, 6.45) is -0.634. The van der Waals surface area contributed by atoms with E-state index < -0.39 is 0 Å². The summed E-state index contributed by atoms with van der Waals surface area (Å²) in [6, 6.07) is 3.12. The van der Waals surface area contributed by atoms with Gasteiger partial charge in [0.2, 0.25) is 0 Å². The molecule has 1 aromatic rings. The molecule has 1 aliphatic rings. The number of fused-ring (bicyclic) bond motifs is 1. The lowest BCUT2D eigenvalue weighted by Gasteiger charge is -2.44. The zero-order valence-electron chi connectivity index (χ0n) is 12.1. The van der Waals surface area contributed by atoms with Crippen LogP contribution < -0.4 is 5.73 Å². The fourth-order valence-electron chi connectivity index (χ4n) is 2.96. The normalized spacial score (nSPS) is 26.4. The van der Waals surface area contributed by atoms with Crippen LogP contribution in [0.2, 0.25) is 0 Å². The minimum Gasteiger partial charge on any atom is -0.504 e. The fourth-order valence-corrected chi connectivity index (χ4v) is 2.96. The summed E-state index contributed by atoms with van der Waals surface area (Å²) in [5.74, 6) is -0.759. The highest BCUT2D eigenvalue weighted by molar-refractivity contribution is 5.53. The zero-order chi connectivity index (χ0) is 15.1. The molecule has 0 bridgehead atoms. The minimum absolute atomic E-state index is 0.163. The third kappa shape index (κ3) is 2.37. The van der Waals surface area contributed by atoms with E-state index in [0.717, 1.165) is 5.56 Å². The number of phenols is 2. The Morgan fingerprint density at radius 2 is 1.90 bits per heavy atom. The molecule has 5 nitrogen and oxygen atoms in total. The van der Waals surface area contributed by atoms with Gasteiger partial charge in [-0.05, 0) is 17.0 Å². The van der Waals surface area contributed by atoms with Gasteiger partial charge in [0.05, 0.1) is 18.8 Å². The first-order valence-corrected chi connectivity index (χ1v) is 6.82. The van der Waals surface area contributed by atoms with E-state index in [4.69, 9.17) is 10.5 Å². The average Bonchev–Trinajstić information content (AvgIpc) is 2.39. The standard InChI is InChI=1S/C15H23NO4/c1-15(2,3)14-9(7-17)12-8(11(6-16)20-14)4-5-10(18)13(12)19/h4-5,9,11,14,17-19H,6-7,16H2,1-3H3. The lowest BCUT2D eigenvalue weighted by Crippen LogP contribution is -2.43. The summed E-state index contributed by atoms with van der Waals surface area (Å²) in [7, 11) is 0. The van der Waals surface area contributed by atoms with Crippen LogP contribution in [0.15, 0.2) is 12.1 Å². The molecule has 2 rings (SSSR count). The molecule has 1 aromatic carbocycles. The second-order valence-electron chi connectivity index (χ2n) is 6.37. The van der Waals surface area contributed by atoms with E-state index in [1.165, 1.54) is 6.07 Å². The largest absolute Gasteiger partial charge is 0.504 e. The van der Waals surface area contributed by atoms with E-state index in [2.05, 4.69) is 0 Å². The second-order valence-corrected chi connectivity index (χ2v) is 6.37. The van der Waals surface area contributed by atoms with Crippen LogP contribution >= 0.6 is 0 Å². The van der Waals surface area contributed by atoms with E-state index in [-0.39, 0.29) is 48.2 Å². The minimum atomic E-state index is -0.389. The Morgan fingerprint density at radius 1 is 1.25 bits per heavy atom. The van der Waals surface area contributed by atoms with Crippen molar-refractivity contribution in [3.63, 3.8) is 0 Å². The number of nitrogens with two attached hydrogens (primary N) is 1.